The molecule has 1 aromatic heterocycles. The van der Waals surface area contributed by atoms with Crippen LogP contribution in [0.4, 0.5) is 0 Å². The molecule has 11 rings (SSSR count). The highest BCUT2D eigenvalue weighted by atomic mass is 32.2. The second kappa shape index (κ2) is 12.8. The van der Waals surface area contributed by atoms with Crippen LogP contribution in [0.25, 0.3) is 17.3 Å². The largest absolute Gasteiger partial charge is 0.465 e. The van der Waals surface area contributed by atoms with Crippen molar-refractivity contribution in [1.29, 1.82) is 0 Å². The number of benzene rings is 1. The summed E-state index contributed by atoms with van der Waals surface area (Å²) >= 11 is 4.14. The van der Waals surface area contributed by atoms with Gasteiger partial charge in [0.25, 0.3) is 0 Å². The van der Waals surface area contributed by atoms with Gasteiger partial charge >= 0.3 is 0 Å². The van der Waals surface area contributed by atoms with Crippen LogP contribution in [0.2, 0.25) is 0 Å². The molecule has 1 aromatic carbocycles. The first-order valence-corrected chi connectivity index (χ1v) is 21.5. The Morgan fingerprint density at radius 2 is 1.73 bits per heavy atom. The lowest BCUT2D eigenvalue weighted by atomic mass is 9.80. The third-order valence-corrected chi connectivity index (χ3v) is 15.5. The first-order chi connectivity index (χ1) is 25.8. The van der Waals surface area contributed by atoms with Crippen LogP contribution in [0.1, 0.15) is 80.2 Å². The van der Waals surface area contributed by atoms with Crippen LogP contribution in [0.5, 0.6) is 0 Å². The van der Waals surface area contributed by atoms with Gasteiger partial charge in [-0.05, 0) is 115 Å². The molecule has 3 heterocycles. The Morgan fingerprint density at radius 1 is 0.808 bits per heavy atom. The average molecular weight is 716 g/mol. The Bertz CT molecular complexity index is 2310. The highest BCUT2D eigenvalue weighted by Gasteiger charge is 2.43. The number of hydrogen-bond acceptors (Lipinski definition) is 4. The fourth-order valence-electron chi connectivity index (χ4n) is 10.4. The maximum atomic E-state index is 6.67. The van der Waals surface area contributed by atoms with E-state index in [4.69, 9.17) is 4.74 Å². The molecule has 0 fully saturated rings. The molecule has 5 unspecified atom stereocenters. The van der Waals surface area contributed by atoms with Gasteiger partial charge in [-0.1, -0.05) is 97.2 Å². The lowest BCUT2D eigenvalue weighted by Crippen LogP contribution is -2.43. The monoisotopic (exact) mass is 715 g/mol. The lowest BCUT2D eigenvalue weighted by Gasteiger charge is -2.41. The summed E-state index contributed by atoms with van der Waals surface area (Å²) in [5, 5.41) is 2.06. The van der Waals surface area contributed by atoms with E-state index in [1.807, 2.05) is 0 Å². The zero-order valence-corrected chi connectivity index (χ0v) is 31.4. The number of nitrogens with zero attached hydrogens (tertiary/aromatic N) is 1. The van der Waals surface area contributed by atoms with Gasteiger partial charge < -0.3 is 9.64 Å². The molecule has 2 aliphatic heterocycles. The standard InChI is InChI=1S/C48H45NOS2/c1-2-11-31(12-3-1)34-15-8-16-37-38-17-9-19-41(48(38)52-47(34)37)49(40-18-10-21-43-46(40)39-14-4-6-20-42(39)50-43)33-26-23-30(24-27-33)32-25-28-36-35-13-5-7-22-44(35)51-45(36)29-32/h1-3,7,10-12,15,17-18,21-23,25-30,36,40,45-46H,4-6,8-9,13-14,16,19-20,24H2. The Kier molecular flexibility index (Phi) is 7.79. The summed E-state index contributed by atoms with van der Waals surface area (Å²) in [5.74, 6) is 3.72. The minimum absolute atomic E-state index is 0.206. The van der Waals surface area contributed by atoms with Crippen LogP contribution in [-0.4, -0.2) is 16.2 Å². The predicted octanol–water partition coefficient (Wildman–Crippen LogP) is 10.7. The third-order valence-electron chi connectivity index (χ3n) is 12.8. The van der Waals surface area contributed by atoms with Crippen molar-refractivity contribution in [3.63, 3.8) is 0 Å². The van der Waals surface area contributed by atoms with Gasteiger partial charge in [-0.2, -0.15) is 0 Å². The number of ether oxygens (including phenoxy) is 1. The highest BCUT2D eigenvalue weighted by Crippen LogP contribution is 2.51. The van der Waals surface area contributed by atoms with E-state index in [1.165, 1.54) is 79.1 Å². The molecule has 2 nitrogen and oxygen atoms in total. The zero-order valence-electron chi connectivity index (χ0n) is 29.7. The molecule has 0 saturated carbocycles. The number of rotatable bonds is 5. The van der Waals surface area contributed by atoms with Crippen LogP contribution in [0.15, 0.2) is 142 Å². The fourth-order valence-corrected chi connectivity index (χ4v) is 13.3. The van der Waals surface area contributed by atoms with Crippen molar-refractivity contribution in [2.24, 2.45) is 17.8 Å². The van der Waals surface area contributed by atoms with E-state index < -0.39 is 0 Å². The highest BCUT2D eigenvalue weighted by molar-refractivity contribution is 8.04. The van der Waals surface area contributed by atoms with Crippen molar-refractivity contribution in [3.8, 4) is 0 Å². The topological polar surface area (TPSA) is 12.5 Å². The number of thioether (sulfide) groups is 1. The molecule has 0 spiro atoms. The van der Waals surface area contributed by atoms with E-state index in [2.05, 4.69) is 137 Å². The molecular weight excluding hydrogens is 671 g/mol. The molecule has 7 aliphatic carbocycles. The average Bonchev–Trinajstić information content (AvgIpc) is 3.90. The second-order valence-electron chi connectivity index (χ2n) is 15.7. The van der Waals surface area contributed by atoms with Gasteiger partial charge in [0, 0.05) is 44.7 Å². The molecule has 0 saturated heterocycles. The smallest absolute Gasteiger partial charge is 0.113 e. The van der Waals surface area contributed by atoms with E-state index >= 15 is 0 Å². The van der Waals surface area contributed by atoms with Crippen molar-refractivity contribution in [2.75, 3.05) is 0 Å². The van der Waals surface area contributed by atoms with Crippen LogP contribution < -0.4 is 9.75 Å². The van der Waals surface area contributed by atoms with Crippen molar-refractivity contribution < 1.29 is 4.74 Å². The van der Waals surface area contributed by atoms with Crippen molar-refractivity contribution >= 4 is 40.4 Å². The van der Waals surface area contributed by atoms with Gasteiger partial charge in [0.05, 0.1) is 16.5 Å². The third kappa shape index (κ3) is 5.11. The zero-order chi connectivity index (χ0) is 34.2. The molecular formula is C48H45NOS2. The number of fused-ring (bicyclic) bond motifs is 7. The minimum Gasteiger partial charge on any atom is -0.465 e. The second-order valence-corrected chi connectivity index (χ2v) is 17.9. The number of hydrogen-bond donors (Lipinski definition) is 0. The minimum atomic E-state index is 0.206. The van der Waals surface area contributed by atoms with Gasteiger partial charge in [-0.25, -0.2) is 0 Å². The van der Waals surface area contributed by atoms with Crippen LogP contribution in [-0.2, 0) is 11.2 Å². The van der Waals surface area contributed by atoms with Gasteiger partial charge in [0.2, 0.25) is 0 Å². The summed E-state index contributed by atoms with van der Waals surface area (Å²) in [7, 11) is 0. The van der Waals surface area contributed by atoms with Crippen molar-refractivity contribution in [1.82, 2.24) is 4.90 Å². The van der Waals surface area contributed by atoms with Crippen LogP contribution in [0, 0.1) is 17.8 Å². The fraction of sp³-hybridized carbons (Fsp3) is 0.333. The SMILES string of the molecule is C1=CC(N(C2=CCC(C3=CC4SC5=C(CCC=C5)C4C=C3)C=C2)C2=c3sc4c(c3=CCC2)CCC=C4c2ccccc2)C2C(=C1)OC1=C2CCCC1. The molecule has 4 heteroatoms. The first kappa shape index (κ1) is 31.5. The number of thiophene rings is 1. The lowest BCUT2D eigenvalue weighted by molar-refractivity contribution is 0.258. The molecule has 0 radical (unpaired) electrons. The molecule has 260 valence electrons. The molecule has 0 amide bonds. The Morgan fingerprint density at radius 3 is 2.65 bits per heavy atom. The summed E-state index contributed by atoms with van der Waals surface area (Å²) in [6.45, 7) is 0. The summed E-state index contributed by atoms with van der Waals surface area (Å²) in [5.41, 5.74) is 11.9. The first-order valence-electron chi connectivity index (χ1n) is 19.8. The predicted molar refractivity (Wildman–Crippen MR) is 218 cm³/mol. The van der Waals surface area contributed by atoms with E-state index in [1.54, 1.807) is 16.7 Å². The van der Waals surface area contributed by atoms with E-state index in [9.17, 15) is 0 Å². The molecule has 2 aromatic rings. The van der Waals surface area contributed by atoms with Crippen LogP contribution in [0.3, 0.4) is 0 Å². The summed E-state index contributed by atoms with van der Waals surface area (Å²) in [6, 6.07) is 11.3. The summed E-state index contributed by atoms with van der Waals surface area (Å²) in [4.78, 5) is 5.80. The molecule has 52 heavy (non-hydrogen) atoms. The van der Waals surface area contributed by atoms with Crippen molar-refractivity contribution in [3.05, 3.63) is 168 Å². The maximum Gasteiger partial charge on any atom is 0.113 e. The van der Waals surface area contributed by atoms with Gasteiger partial charge in [-0.3, -0.25) is 0 Å². The summed E-state index contributed by atoms with van der Waals surface area (Å²) in [6.07, 6.45) is 44.6. The van der Waals surface area contributed by atoms with Gasteiger partial charge in [0.1, 0.15) is 11.5 Å². The molecule has 0 N–H and O–H groups in total. The Balaban J connectivity index is 0.991. The molecule has 9 aliphatic rings. The van der Waals surface area contributed by atoms with E-state index in [0.717, 1.165) is 50.7 Å². The normalized spacial score (nSPS) is 29.5. The quantitative estimate of drug-likeness (QED) is 0.306. The van der Waals surface area contributed by atoms with Crippen molar-refractivity contribution in [2.45, 2.75) is 81.9 Å². The summed E-state index contributed by atoms with van der Waals surface area (Å²) < 4.78 is 8.16. The Hall–Kier alpha value is -3.99. The molecule has 5 atom stereocenters. The Labute approximate surface area is 316 Å². The van der Waals surface area contributed by atoms with E-state index in [0.29, 0.717) is 17.1 Å². The maximum absolute atomic E-state index is 6.67. The molecule has 0 bridgehead atoms. The van der Waals surface area contributed by atoms with E-state index in [-0.39, 0.29) is 12.0 Å². The number of allylic oxidation sites excluding steroid dienone is 13. The van der Waals surface area contributed by atoms with Gasteiger partial charge in [-0.15, -0.1) is 23.1 Å². The van der Waals surface area contributed by atoms with Gasteiger partial charge in [0.15, 0.2) is 0 Å². The van der Waals surface area contributed by atoms with Crippen LogP contribution >= 0.6 is 23.1 Å².